The molecule has 1 saturated heterocycles. The van der Waals surface area contributed by atoms with Crippen LogP contribution >= 0.6 is 9.24 Å². The number of nitrogens with one attached hydrogen (secondary N) is 1. The second-order valence-corrected chi connectivity index (χ2v) is 9.78. The van der Waals surface area contributed by atoms with Gasteiger partial charge in [-0.3, -0.25) is 9.59 Å². The summed E-state index contributed by atoms with van der Waals surface area (Å²) >= 11 is 0. The van der Waals surface area contributed by atoms with Crippen molar-refractivity contribution in [1.82, 2.24) is 14.8 Å². The number of amides is 2. The van der Waals surface area contributed by atoms with E-state index < -0.39 is 6.10 Å². The van der Waals surface area contributed by atoms with E-state index in [1.54, 1.807) is 9.80 Å². The Hall–Kier alpha value is -3.35. The summed E-state index contributed by atoms with van der Waals surface area (Å²) in [6, 6.07) is 9.26. The van der Waals surface area contributed by atoms with Crippen LogP contribution in [0, 0.1) is 5.41 Å². The van der Waals surface area contributed by atoms with Crippen LogP contribution in [0.25, 0.3) is 22.2 Å². The number of aliphatic hydroxyl groups excluding tert-OH is 1. The van der Waals surface area contributed by atoms with Gasteiger partial charge in [0.2, 0.25) is 6.41 Å². The number of benzene rings is 2. The van der Waals surface area contributed by atoms with Crippen molar-refractivity contribution < 1.29 is 14.7 Å². The molecule has 5 rings (SSSR count). The molecule has 0 saturated carbocycles. The topological polar surface area (TPSA) is 124 Å². The Labute approximate surface area is 205 Å². The van der Waals surface area contributed by atoms with E-state index in [9.17, 15) is 14.7 Å². The molecule has 2 heterocycles. The van der Waals surface area contributed by atoms with Gasteiger partial charge in [-0.2, -0.15) is 0 Å². The predicted octanol–water partition coefficient (Wildman–Crippen LogP) is 1.75. The second-order valence-electron chi connectivity index (χ2n) is 9.16. The number of aryl methyl sites for hydroxylation is 1. The third-order valence-corrected chi connectivity index (χ3v) is 7.48. The van der Waals surface area contributed by atoms with Gasteiger partial charge in [0.15, 0.2) is 0 Å². The maximum Gasteiger partial charge on any atom is 0.253 e. The first-order valence-electron chi connectivity index (χ1n) is 11.7. The number of nitrogens with two attached hydrogens (primary N) is 1. The molecule has 1 aromatic heterocycles. The lowest BCUT2D eigenvalue weighted by molar-refractivity contribution is -0.119. The SMILES string of the molecule is N=Cc1c(N)cc(P)c2nc(-c3ccc(C(=O)N4CCN(C=O)CC4)cc3)c3c(c12)CCC(O)C3. The lowest BCUT2D eigenvalue weighted by atomic mass is 9.83. The quantitative estimate of drug-likeness (QED) is 0.223. The molecular formula is C26H28N5O3P. The smallest absolute Gasteiger partial charge is 0.253 e. The highest BCUT2D eigenvalue weighted by Gasteiger charge is 2.27. The second kappa shape index (κ2) is 9.36. The Morgan fingerprint density at radius 1 is 1.17 bits per heavy atom. The molecule has 2 unspecified atom stereocenters. The van der Waals surface area contributed by atoms with E-state index in [1.807, 2.05) is 30.3 Å². The minimum atomic E-state index is -0.452. The average Bonchev–Trinajstić information content (AvgIpc) is 2.88. The minimum Gasteiger partial charge on any atom is -0.398 e. The first-order chi connectivity index (χ1) is 16.9. The summed E-state index contributed by atoms with van der Waals surface area (Å²) in [6.45, 7) is 2.13. The van der Waals surface area contributed by atoms with Crippen molar-refractivity contribution in [3.63, 3.8) is 0 Å². The molecule has 8 nitrogen and oxygen atoms in total. The largest absolute Gasteiger partial charge is 0.398 e. The zero-order valence-electron chi connectivity index (χ0n) is 19.3. The summed E-state index contributed by atoms with van der Waals surface area (Å²) in [6.07, 6.45) is 3.46. The van der Waals surface area contributed by atoms with Crippen LogP contribution in [-0.2, 0) is 17.6 Å². The third kappa shape index (κ3) is 4.17. The van der Waals surface area contributed by atoms with E-state index in [4.69, 9.17) is 16.1 Å². The van der Waals surface area contributed by atoms with Crippen molar-refractivity contribution in [2.45, 2.75) is 25.4 Å². The number of anilines is 1. The molecule has 180 valence electrons. The van der Waals surface area contributed by atoms with Crippen molar-refractivity contribution in [2.24, 2.45) is 0 Å². The highest BCUT2D eigenvalue weighted by atomic mass is 31.0. The fraction of sp³-hybridized carbons (Fsp3) is 0.308. The first kappa shape index (κ1) is 23.4. The maximum atomic E-state index is 13.0. The Morgan fingerprint density at radius 3 is 2.54 bits per heavy atom. The molecule has 2 amide bonds. The highest BCUT2D eigenvalue weighted by Crippen LogP contribution is 2.37. The summed E-state index contributed by atoms with van der Waals surface area (Å²) in [7, 11) is 2.70. The van der Waals surface area contributed by atoms with E-state index >= 15 is 0 Å². The molecule has 4 N–H and O–H groups in total. The molecule has 1 fully saturated rings. The van der Waals surface area contributed by atoms with Crippen molar-refractivity contribution in [3.05, 3.63) is 52.6 Å². The predicted molar refractivity (Wildman–Crippen MR) is 140 cm³/mol. The van der Waals surface area contributed by atoms with Crippen LogP contribution in [0.5, 0.6) is 0 Å². The van der Waals surface area contributed by atoms with E-state index in [0.717, 1.165) is 45.0 Å². The van der Waals surface area contributed by atoms with Crippen LogP contribution in [0.4, 0.5) is 5.69 Å². The molecule has 3 aromatic rings. The number of nitrogen functional groups attached to an aromatic ring is 1. The highest BCUT2D eigenvalue weighted by molar-refractivity contribution is 7.28. The van der Waals surface area contributed by atoms with Gasteiger partial charge in [0.1, 0.15) is 0 Å². The Morgan fingerprint density at radius 2 is 1.89 bits per heavy atom. The summed E-state index contributed by atoms with van der Waals surface area (Å²) in [5, 5.41) is 20.1. The van der Waals surface area contributed by atoms with Gasteiger partial charge in [0.05, 0.1) is 17.3 Å². The Balaban J connectivity index is 1.56. The maximum absolute atomic E-state index is 13.0. The molecule has 0 radical (unpaired) electrons. The fourth-order valence-electron chi connectivity index (χ4n) is 5.15. The number of hydrogen-bond donors (Lipinski definition) is 3. The number of fused-ring (bicyclic) bond motifs is 3. The first-order valence-corrected chi connectivity index (χ1v) is 12.3. The number of hydrogen-bond acceptors (Lipinski definition) is 6. The van der Waals surface area contributed by atoms with E-state index in [1.165, 1.54) is 6.21 Å². The van der Waals surface area contributed by atoms with E-state index in [-0.39, 0.29) is 5.91 Å². The molecular weight excluding hydrogens is 461 g/mol. The number of aliphatic hydroxyl groups is 1. The number of carbonyl (C=O) groups excluding carboxylic acids is 2. The van der Waals surface area contributed by atoms with Crippen LogP contribution in [-0.4, -0.2) is 70.7 Å². The summed E-state index contributed by atoms with van der Waals surface area (Å²) < 4.78 is 0. The number of nitrogens with zero attached hydrogens (tertiary/aromatic N) is 3. The molecule has 2 aromatic carbocycles. The van der Waals surface area contributed by atoms with Crippen LogP contribution < -0.4 is 11.0 Å². The van der Waals surface area contributed by atoms with Crippen LogP contribution in [0.2, 0.25) is 0 Å². The number of pyridine rings is 1. The van der Waals surface area contributed by atoms with E-state index in [2.05, 4.69) is 9.24 Å². The van der Waals surface area contributed by atoms with Crippen molar-refractivity contribution >= 4 is 49.7 Å². The zero-order valence-corrected chi connectivity index (χ0v) is 20.5. The normalized spacial score (nSPS) is 17.8. The number of aromatic nitrogens is 1. The third-order valence-electron chi connectivity index (χ3n) is 7.04. The van der Waals surface area contributed by atoms with Crippen LogP contribution in [0.1, 0.15) is 33.5 Å². The number of rotatable bonds is 4. The van der Waals surface area contributed by atoms with Gasteiger partial charge in [-0.1, -0.05) is 12.1 Å². The minimum absolute atomic E-state index is 0.0515. The van der Waals surface area contributed by atoms with Gasteiger partial charge in [-0.05, 0) is 47.5 Å². The molecule has 1 aliphatic carbocycles. The summed E-state index contributed by atoms with van der Waals surface area (Å²) in [4.78, 5) is 32.4. The summed E-state index contributed by atoms with van der Waals surface area (Å²) in [5.41, 5.74) is 12.5. The molecule has 0 bridgehead atoms. The van der Waals surface area contributed by atoms with Gasteiger partial charge >= 0.3 is 0 Å². The molecule has 2 aliphatic rings. The van der Waals surface area contributed by atoms with Gasteiger partial charge in [-0.25, -0.2) is 4.98 Å². The van der Waals surface area contributed by atoms with Crippen LogP contribution in [0.3, 0.4) is 0 Å². The number of carbonyl (C=O) groups is 2. The molecule has 0 spiro atoms. The van der Waals surface area contributed by atoms with Crippen molar-refractivity contribution in [2.75, 3.05) is 31.9 Å². The molecule has 35 heavy (non-hydrogen) atoms. The molecule has 1 aliphatic heterocycles. The standard InChI is InChI=1S/C26H28N5O3P/c27-13-20-21(28)12-22(35)25-23(20)18-6-5-17(33)11-19(18)24(29-25)15-1-3-16(4-2-15)26(34)31-9-7-30(14-32)8-10-31/h1-4,12-14,17,27,33H,5-11,28,35H2. The van der Waals surface area contributed by atoms with Gasteiger partial charge < -0.3 is 26.0 Å². The summed E-state index contributed by atoms with van der Waals surface area (Å²) in [5.74, 6) is -0.0515. The number of piperazine rings is 1. The van der Waals surface area contributed by atoms with Crippen LogP contribution in [0.15, 0.2) is 30.3 Å². The van der Waals surface area contributed by atoms with E-state index in [0.29, 0.717) is 62.3 Å². The van der Waals surface area contributed by atoms with Gasteiger partial charge in [-0.15, -0.1) is 9.24 Å². The van der Waals surface area contributed by atoms with Gasteiger partial charge in [0, 0.05) is 66.6 Å². The zero-order chi connectivity index (χ0) is 24.7. The Bertz CT molecular complexity index is 1330. The monoisotopic (exact) mass is 489 g/mol. The Kier molecular flexibility index (Phi) is 6.26. The fourth-order valence-corrected chi connectivity index (χ4v) is 5.54. The van der Waals surface area contributed by atoms with Crippen molar-refractivity contribution in [3.8, 4) is 11.3 Å². The lowest BCUT2D eigenvalue weighted by Crippen LogP contribution is -2.48. The van der Waals surface area contributed by atoms with Crippen molar-refractivity contribution in [1.29, 1.82) is 5.41 Å². The lowest BCUT2D eigenvalue weighted by Gasteiger charge is -2.32. The average molecular weight is 490 g/mol. The van der Waals surface area contributed by atoms with Gasteiger partial charge in [0.25, 0.3) is 5.91 Å². The molecule has 9 heteroatoms. The molecule has 2 atom stereocenters.